The van der Waals surface area contributed by atoms with Gasteiger partial charge in [-0.3, -0.25) is 0 Å². The van der Waals surface area contributed by atoms with Crippen LogP contribution in [0, 0.1) is 19.7 Å². The van der Waals surface area contributed by atoms with Gasteiger partial charge in [-0.2, -0.15) is 0 Å². The van der Waals surface area contributed by atoms with E-state index in [1.807, 2.05) is 13.1 Å². The van der Waals surface area contributed by atoms with Crippen molar-refractivity contribution in [1.82, 2.24) is 4.57 Å². The number of halogens is 2. The normalized spacial score (nSPS) is 10.7. The third-order valence-corrected chi connectivity index (χ3v) is 3.77. The molecule has 2 aromatic rings. The summed E-state index contributed by atoms with van der Waals surface area (Å²) >= 11 is 3.25. The van der Waals surface area contributed by atoms with Gasteiger partial charge in [0.2, 0.25) is 0 Å². The van der Waals surface area contributed by atoms with Gasteiger partial charge in [0.15, 0.2) is 0 Å². The second-order valence-corrected chi connectivity index (χ2v) is 5.35. The van der Waals surface area contributed by atoms with Gasteiger partial charge in [0.05, 0.1) is 5.69 Å². The van der Waals surface area contributed by atoms with Crippen LogP contribution in [0.15, 0.2) is 28.7 Å². The van der Waals surface area contributed by atoms with Crippen molar-refractivity contribution >= 4 is 21.6 Å². The number of hydrogen-bond donors (Lipinski definition) is 1. The predicted octanol–water partition coefficient (Wildman–Crippen LogP) is 4.16. The molecule has 1 aromatic carbocycles. The first-order valence-electron chi connectivity index (χ1n) is 5.79. The number of hydrogen-bond acceptors (Lipinski definition) is 1. The van der Waals surface area contributed by atoms with E-state index < -0.39 is 0 Å². The molecule has 0 atom stereocenters. The molecule has 0 aliphatic heterocycles. The first-order chi connectivity index (χ1) is 8.49. The molecule has 0 bridgehead atoms. The summed E-state index contributed by atoms with van der Waals surface area (Å²) in [7, 11) is 2.04. The van der Waals surface area contributed by atoms with Crippen LogP contribution >= 0.6 is 15.9 Å². The molecular weight excluding hydrogens is 295 g/mol. The molecule has 0 aliphatic rings. The fourth-order valence-electron chi connectivity index (χ4n) is 1.94. The largest absolute Gasteiger partial charge is 0.379 e. The zero-order valence-electron chi connectivity index (χ0n) is 10.7. The summed E-state index contributed by atoms with van der Waals surface area (Å²) < 4.78 is 16.5. The molecule has 0 radical (unpaired) electrons. The Morgan fingerprint density at radius 2 is 2.00 bits per heavy atom. The van der Waals surface area contributed by atoms with Crippen molar-refractivity contribution in [2.75, 3.05) is 5.32 Å². The molecule has 0 amide bonds. The van der Waals surface area contributed by atoms with E-state index >= 15 is 0 Å². The summed E-state index contributed by atoms with van der Waals surface area (Å²) in [5.74, 6) is -0.241. The van der Waals surface area contributed by atoms with Crippen LogP contribution < -0.4 is 5.32 Å². The molecule has 0 fully saturated rings. The van der Waals surface area contributed by atoms with Crippen LogP contribution in [0.1, 0.15) is 17.0 Å². The van der Waals surface area contributed by atoms with Crippen LogP contribution in [0.2, 0.25) is 0 Å². The highest BCUT2D eigenvalue weighted by atomic mass is 79.9. The zero-order chi connectivity index (χ0) is 13.3. The van der Waals surface area contributed by atoms with Gasteiger partial charge in [-0.05, 0) is 43.7 Å². The lowest BCUT2D eigenvalue weighted by molar-refractivity contribution is 0.629. The number of aromatic nitrogens is 1. The molecule has 0 aliphatic carbocycles. The number of benzene rings is 1. The van der Waals surface area contributed by atoms with Crippen LogP contribution in [-0.4, -0.2) is 4.57 Å². The van der Waals surface area contributed by atoms with Crippen molar-refractivity contribution in [1.29, 1.82) is 0 Å². The van der Waals surface area contributed by atoms with Gasteiger partial charge in [0.25, 0.3) is 0 Å². The summed E-state index contributed by atoms with van der Waals surface area (Å²) in [5, 5.41) is 3.13. The second-order valence-electron chi connectivity index (χ2n) is 4.43. The maximum atomic E-state index is 13.6. The average molecular weight is 311 g/mol. The summed E-state index contributed by atoms with van der Waals surface area (Å²) in [5.41, 5.74) is 4.13. The highest BCUT2D eigenvalue weighted by molar-refractivity contribution is 9.10. The Bertz CT molecular complexity index is 575. The number of anilines is 1. The molecule has 2 nitrogen and oxygen atoms in total. The van der Waals surface area contributed by atoms with Gasteiger partial charge in [-0.25, -0.2) is 4.39 Å². The topological polar surface area (TPSA) is 17.0 Å². The summed E-state index contributed by atoms with van der Waals surface area (Å²) in [6.45, 7) is 4.77. The quantitative estimate of drug-likeness (QED) is 0.901. The van der Waals surface area contributed by atoms with E-state index in [2.05, 4.69) is 45.7 Å². The monoisotopic (exact) mass is 310 g/mol. The molecule has 0 spiro atoms. The first kappa shape index (κ1) is 13.1. The van der Waals surface area contributed by atoms with Gasteiger partial charge >= 0.3 is 0 Å². The molecule has 18 heavy (non-hydrogen) atoms. The van der Waals surface area contributed by atoms with Crippen molar-refractivity contribution in [3.8, 4) is 0 Å². The highest BCUT2D eigenvalue weighted by Gasteiger charge is 2.07. The second kappa shape index (κ2) is 5.14. The zero-order valence-corrected chi connectivity index (χ0v) is 12.3. The maximum absolute atomic E-state index is 13.6. The molecule has 4 heteroatoms. The molecule has 2 rings (SSSR count). The Morgan fingerprint density at radius 3 is 2.56 bits per heavy atom. The van der Waals surface area contributed by atoms with Gasteiger partial charge in [-0.1, -0.05) is 15.9 Å². The number of rotatable bonds is 3. The molecular formula is C14H16BrFN2. The van der Waals surface area contributed by atoms with Crippen LogP contribution in [0.4, 0.5) is 10.1 Å². The van der Waals surface area contributed by atoms with Gasteiger partial charge in [0, 0.05) is 29.5 Å². The van der Waals surface area contributed by atoms with E-state index in [1.54, 1.807) is 6.07 Å². The average Bonchev–Trinajstić information content (AvgIpc) is 2.56. The van der Waals surface area contributed by atoms with Crippen LogP contribution in [-0.2, 0) is 13.6 Å². The Kier molecular flexibility index (Phi) is 3.76. The van der Waals surface area contributed by atoms with Crippen molar-refractivity contribution in [3.63, 3.8) is 0 Å². The maximum Gasteiger partial charge on any atom is 0.147 e. The predicted molar refractivity (Wildman–Crippen MR) is 76.3 cm³/mol. The van der Waals surface area contributed by atoms with Crippen LogP contribution in [0.3, 0.4) is 0 Å². The fourth-order valence-corrected chi connectivity index (χ4v) is 2.27. The summed E-state index contributed by atoms with van der Waals surface area (Å²) in [6.07, 6.45) is 0. The Morgan fingerprint density at radius 1 is 1.28 bits per heavy atom. The van der Waals surface area contributed by atoms with E-state index in [-0.39, 0.29) is 5.82 Å². The van der Waals surface area contributed by atoms with E-state index in [1.165, 1.54) is 23.0 Å². The lowest BCUT2D eigenvalue weighted by atomic mass is 10.2. The minimum absolute atomic E-state index is 0.241. The van der Waals surface area contributed by atoms with E-state index in [0.29, 0.717) is 12.2 Å². The van der Waals surface area contributed by atoms with Gasteiger partial charge < -0.3 is 9.88 Å². The molecule has 0 saturated carbocycles. The molecule has 0 unspecified atom stereocenters. The molecule has 1 N–H and O–H groups in total. The van der Waals surface area contributed by atoms with Crippen LogP contribution in [0.5, 0.6) is 0 Å². The Labute approximate surface area is 115 Å². The Balaban J connectivity index is 2.14. The fraction of sp³-hybridized carbons (Fsp3) is 0.286. The van der Waals surface area contributed by atoms with Crippen molar-refractivity contribution in [2.24, 2.45) is 7.05 Å². The minimum atomic E-state index is -0.241. The minimum Gasteiger partial charge on any atom is -0.379 e. The third-order valence-electron chi connectivity index (χ3n) is 3.28. The lowest BCUT2D eigenvalue weighted by Gasteiger charge is -2.08. The van der Waals surface area contributed by atoms with Crippen molar-refractivity contribution in [2.45, 2.75) is 20.4 Å². The molecule has 96 valence electrons. The molecule has 1 heterocycles. The van der Waals surface area contributed by atoms with E-state index in [9.17, 15) is 4.39 Å². The van der Waals surface area contributed by atoms with E-state index in [4.69, 9.17) is 0 Å². The number of aryl methyl sites for hydroxylation is 1. The SMILES string of the molecule is Cc1cc(CNc2ccc(Br)cc2F)c(C)n1C. The number of nitrogens with zero attached hydrogens (tertiary/aromatic N) is 1. The van der Waals surface area contributed by atoms with Crippen molar-refractivity contribution < 1.29 is 4.39 Å². The van der Waals surface area contributed by atoms with Gasteiger partial charge in [0.1, 0.15) is 5.82 Å². The third kappa shape index (κ3) is 2.58. The molecule has 0 saturated heterocycles. The standard InChI is InChI=1S/C14H16BrFN2/c1-9-6-11(10(2)18(9)3)8-17-14-5-4-12(15)7-13(14)16/h4-7,17H,8H2,1-3H3. The smallest absolute Gasteiger partial charge is 0.147 e. The highest BCUT2D eigenvalue weighted by Crippen LogP contribution is 2.21. The van der Waals surface area contributed by atoms with Crippen LogP contribution in [0.25, 0.3) is 0 Å². The summed E-state index contributed by atoms with van der Waals surface area (Å²) in [6, 6.07) is 7.16. The summed E-state index contributed by atoms with van der Waals surface area (Å²) in [4.78, 5) is 0. The lowest BCUT2D eigenvalue weighted by Crippen LogP contribution is -2.03. The van der Waals surface area contributed by atoms with E-state index in [0.717, 1.165) is 4.47 Å². The first-order valence-corrected chi connectivity index (χ1v) is 6.59. The molecule has 1 aromatic heterocycles. The van der Waals surface area contributed by atoms with Gasteiger partial charge in [-0.15, -0.1) is 0 Å². The Hall–Kier alpha value is -1.29. The van der Waals surface area contributed by atoms with Crippen molar-refractivity contribution in [3.05, 3.63) is 51.5 Å². The number of nitrogens with one attached hydrogen (secondary N) is 1.